The monoisotopic (exact) mass is 330 g/mol. The van der Waals surface area contributed by atoms with Crippen LogP contribution in [0.15, 0.2) is 81.5 Å². The van der Waals surface area contributed by atoms with Crippen LogP contribution in [0.3, 0.4) is 0 Å². The first kappa shape index (κ1) is 15.5. The summed E-state index contributed by atoms with van der Waals surface area (Å²) in [7, 11) is 0. The Morgan fingerprint density at radius 1 is 0.840 bits per heavy atom. The van der Waals surface area contributed by atoms with Gasteiger partial charge in [0.05, 0.1) is 0 Å². The van der Waals surface area contributed by atoms with E-state index in [9.17, 15) is 4.79 Å². The number of fused-ring (bicyclic) bond motifs is 1. The Kier molecular flexibility index (Phi) is 3.99. The SMILES string of the molecule is NCc1ccc(C2N=c3ccc(=O)[nH]c3=NC2c2ccccc2)cc1. The molecule has 1 aliphatic heterocycles. The predicted molar refractivity (Wildman–Crippen MR) is 95.6 cm³/mol. The van der Waals surface area contributed by atoms with E-state index in [1.165, 1.54) is 6.07 Å². The van der Waals surface area contributed by atoms with Crippen molar-refractivity contribution in [1.82, 2.24) is 4.98 Å². The van der Waals surface area contributed by atoms with Crippen molar-refractivity contribution >= 4 is 0 Å². The number of hydrogen-bond donors (Lipinski definition) is 2. The molecule has 0 bridgehead atoms. The van der Waals surface area contributed by atoms with Gasteiger partial charge in [-0.1, -0.05) is 54.6 Å². The minimum atomic E-state index is -0.185. The molecule has 0 saturated carbocycles. The average molecular weight is 330 g/mol. The zero-order chi connectivity index (χ0) is 17.2. The van der Waals surface area contributed by atoms with Crippen LogP contribution in [0, 0.1) is 0 Å². The molecule has 0 saturated heterocycles. The Morgan fingerprint density at radius 2 is 1.52 bits per heavy atom. The van der Waals surface area contributed by atoms with E-state index < -0.39 is 0 Å². The molecule has 0 radical (unpaired) electrons. The summed E-state index contributed by atoms with van der Waals surface area (Å²) < 4.78 is 0. The van der Waals surface area contributed by atoms with Gasteiger partial charge in [0.15, 0.2) is 5.49 Å². The molecule has 0 fully saturated rings. The zero-order valence-electron chi connectivity index (χ0n) is 13.6. The van der Waals surface area contributed by atoms with E-state index in [0.717, 1.165) is 16.7 Å². The Morgan fingerprint density at radius 3 is 2.24 bits per heavy atom. The van der Waals surface area contributed by atoms with Gasteiger partial charge in [-0.05, 0) is 22.8 Å². The highest BCUT2D eigenvalue weighted by Gasteiger charge is 2.26. The molecule has 2 unspecified atom stereocenters. The van der Waals surface area contributed by atoms with E-state index in [-0.39, 0.29) is 17.6 Å². The Hall–Kier alpha value is -3.05. The number of rotatable bonds is 3. The quantitative estimate of drug-likeness (QED) is 0.764. The maximum Gasteiger partial charge on any atom is 0.249 e. The molecular formula is C20H18N4O. The largest absolute Gasteiger partial charge is 0.326 e. The second-order valence-electron chi connectivity index (χ2n) is 6.06. The smallest absolute Gasteiger partial charge is 0.249 e. The van der Waals surface area contributed by atoms with E-state index in [1.54, 1.807) is 6.07 Å². The zero-order valence-corrected chi connectivity index (χ0v) is 13.6. The van der Waals surface area contributed by atoms with Crippen molar-refractivity contribution in [3.8, 4) is 0 Å². The first-order valence-corrected chi connectivity index (χ1v) is 8.23. The number of aromatic amines is 1. The summed E-state index contributed by atoms with van der Waals surface area (Å²) in [6.45, 7) is 0.513. The van der Waals surface area contributed by atoms with Gasteiger partial charge in [0.25, 0.3) is 0 Å². The fraction of sp³-hybridized carbons (Fsp3) is 0.150. The van der Waals surface area contributed by atoms with Crippen LogP contribution >= 0.6 is 0 Å². The van der Waals surface area contributed by atoms with Gasteiger partial charge in [-0.25, -0.2) is 0 Å². The third kappa shape index (κ3) is 3.02. The number of benzene rings is 2. The van der Waals surface area contributed by atoms with Crippen LogP contribution in [0.4, 0.5) is 0 Å². The van der Waals surface area contributed by atoms with Gasteiger partial charge in [-0.15, -0.1) is 0 Å². The van der Waals surface area contributed by atoms with Crippen LogP contribution < -0.4 is 22.1 Å². The molecule has 2 atom stereocenters. The fourth-order valence-corrected chi connectivity index (χ4v) is 3.10. The van der Waals surface area contributed by atoms with E-state index in [1.807, 2.05) is 42.5 Å². The standard InChI is InChI=1S/C20H18N4O/c21-12-13-6-8-15(9-7-13)18-19(14-4-2-1-3-5-14)24-20-16(22-18)10-11-17(25)23-20/h1-11,18-19H,12,21H2,(H,23,24,25). The molecule has 0 amide bonds. The molecule has 2 heterocycles. The summed E-state index contributed by atoms with van der Waals surface area (Å²) in [5.41, 5.74) is 9.29. The summed E-state index contributed by atoms with van der Waals surface area (Å²) in [5.74, 6) is 0. The van der Waals surface area contributed by atoms with Crippen LogP contribution in [0.1, 0.15) is 28.8 Å². The number of H-pyrrole nitrogens is 1. The molecule has 2 aromatic carbocycles. The maximum absolute atomic E-state index is 11.6. The van der Waals surface area contributed by atoms with E-state index in [0.29, 0.717) is 17.4 Å². The lowest BCUT2D eigenvalue weighted by Gasteiger charge is -2.24. The van der Waals surface area contributed by atoms with Gasteiger partial charge >= 0.3 is 0 Å². The van der Waals surface area contributed by atoms with Crippen LogP contribution in [0.2, 0.25) is 0 Å². The first-order chi connectivity index (χ1) is 12.2. The molecule has 124 valence electrons. The molecule has 25 heavy (non-hydrogen) atoms. The molecule has 0 aliphatic carbocycles. The topological polar surface area (TPSA) is 83.6 Å². The number of aromatic nitrogens is 1. The van der Waals surface area contributed by atoms with Crippen LogP contribution in [-0.2, 0) is 6.54 Å². The van der Waals surface area contributed by atoms with Crippen molar-refractivity contribution in [1.29, 1.82) is 0 Å². The van der Waals surface area contributed by atoms with Crippen molar-refractivity contribution in [2.45, 2.75) is 18.6 Å². The lowest BCUT2D eigenvalue weighted by molar-refractivity contribution is 0.528. The van der Waals surface area contributed by atoms with Gasteiger partial charge in [0, 0.05) is 12.6 Å². The van der Waals surface area contributed by atoms with E-state index >= 15 is 0 Å². The van der Waals surface area contributed by atoms with Crippen molar-refractivity contribution in [3.63, 3.8) is 0 Å². The lowest BCUT2D eigenvalue weighted by atomic mass is 9.93. The summed E-state index contributed by atoms with van der Waals surface area (Å²) >= 11 is 0. The first-order valence-electron chi connectivity index (χ1n) is 8.23. The van der Waals surface area contributed by atoms with Crippen LogP contribution in [0.5, 0.6) is 0 Å². The number of hydrogen-bond acceptors (Lipinski definition) is 4. The third-order valence-corrected chi connectivity index (χ3v) is 4.42. The molecule has 0 spiro atoms. The lowest BCUT2D eigenvalue weighted by Crippen LogP contribution is -2.38. The molecule has 5 heteroatoms. The van der Waals surface area contributed by atoms with Crippen molar-refractivity contribution in [2.75, 3.05) is 0 Å². The minimum absolute atomic E-state index is 0.146. The number of nitrogens with two attached hydrogens (primary N) is 1. The number of nitrogens with zero attached hydrogens (tertiary/aromatic N) is 2. The van der Waals surface area contributed by atoms with Gasteiger partial charge in [-0.3, -0.25) is 14.8 Å². The van der Waals surface area contributed by atoms with Crippen LogP contribution in [-0.4, -0.2) is 4.98 Å². The van der Waals surface area contributed by atoms with E-state index in [2.05, 4.69) is 17.1 Å². The second kappa shape index (κ2) is 6.45. The van der Waals surface area contributed by atoms with Crippen molar-refractivity contribution in [3.05, 3.63) is 105 Å². The molecular weight excluding hydrogens is 312 g/mol. The molecule has 3 N–H and O–H groups in total. The Balaban J connectivity index is 1.89. The van der Waals surface area contributed by atoms with E-state index in [4.69, 9.17) is 15.7 Å². The summed E-state index contributed by atoms with van der Waals surface area (Å²) in [6, 6.07) is 21.1. The molecule has 3 aromatic rings. The highest BCUT2D eigenvalue weighted by molar-refractivity contribution is 5.31. The van der Waals surface area contributed by atoms with Crippen LogP contribution in [0.25, 0.3) is 0 Å². The maximum atomic E-state index is 11.6. The number of pyridine rings is 1. The van der Waals surface area contributed by atoms with Crippen molar-refractivity contribution in [2.24, 2.45) is 15.7 Å². The summed E-state index contributed by atoms with van der Waals surface area (Å²) in [5, 5.41) is 0.708. The molecule has 1 aliphatic rings. The summed E-state index contributed by atoms with van der Waals surface area (Å²) in [6.07, 6.45) is 0. The molecule has 1 aromatic heterocycles. The predicted octanol–water partition coefficient (Wildman–Crippen LogP) is 1.57. The Bertz CT molecular complexity index is 1060. The average Bonchev–Trinajstić information content (AvgIpc) is 2.68. The van der Waals surface area contributed by atoms with Gasteiger partial charge in [-0.2, -0.15) is 0 Å². The molecule has 4 rings (SSSR count). The van der Waals surface area contributed by atoms with Gasteiger partial charge in [0.2, 0.25) is 5.56 Å². The summed E-state index contributed by atoms with van der Waals surface area (Å²) in [4.78, 5) is 24.1. The highest BCUT2D eigenvalue weighted by Crippen LogP contribution is 2.35. The van der Waals surface area contributed by atoms with Gasteiger partial charge < -0.3 is 10.7 Å². The number of nitrogens with one attached hydrogen (secondary N) is 1. The van der Waals surface area contributed by atoms with Gasteiger partial charge in [0.1, 0.15) is 17.4 Å². The normalized spacial score (nSPS) is 18.8. The molecule has 5 nitrogen and oxygen atoms in total. The Labute approximate surface area is 144 Å². The second-order valence-corrected chi connectivity index (χ2v) is 6.06. The minimum Gasteiger partial charge on any atom is -0.326 e. The third-order valence-electron chi connectivity index (χ3n) is 4.42. The van der Waals surface area contributed by atoms with Crippen molar-refractivity contribution < 1.29 is 0 Å². The fourth-order valence-electron chi connectivity index (χ4n) is 3.10. The highest BCUT2D eigenvalue weighted by atomic mass is 16.1.